The van der Waals surface area contributed by atoms with E-state index in [2.05, 4.69) is 25.7 Å². The van der Waals surface area contributed by atoms with Crippen molar-refractivity contribution < 1.29 is 4.74 Å². The van der Waals surface area contributed by atoms with Gasteiger partial charge in [-0.1, -0.05) is 0 Å². The van der Waals surface area contributed by atoms with Crippen LogP contribution in [-0.2, 0) is 4.74 Å². The monoisotopic (exact) mass is 171 g/mol. The van der Waals surface area contributed by atoms with Gasteiger partial charge in [0.25, 0.3) is 0 Å². The first-order valence-corrected chi connectivity index (χ1v) is 4.89. The van der Waals surface area contributed by atoms with E-state index in [0.717, 1.165) is 18.6 Å². The van der Waals surface area contributed by atoms with Crippen LogP contribution in [0, 0.1) is 5.92 Å². The highest BCUT2D eigenvalue weighted by Crippen LogP contribution is 2.24. The van der Waals surface area contributed by atoms with E-state index < -0.39 is 0 Å². The standard InChI is InChI=1S/C10H21NO/c1-8(2)11-6-10(7-12-4)5-9(11)3/h8-10H,5-7H2,1-4H3/t9-,10+/m1/s1. The first-order chi connectivity index (χ1) is 5.65. The van der Waals surface area contributed by atoms with Gasteiger partial charge in [-0.15, -0.1) is 0 Å². The number of likely N-dealkylation sites (tertiary alicyclic amines) is 1. The Balaban J connectivity index is 2.39. The average Bonchev–Trinajstić information content (AvgIpc) is 2.32. The molecule has 1 aliphatic heterocycles. The molecule has 0 saturated carbocycles. The third-order valence-electron chi connectivity index (χ3n) is 2.78. The lowest BCUT2D eigenvalue weighted by Crippen LogP contribution is -2.33. The van der Waals surface area contributed by atoms with Crippen molar-refractivity contribution >= 4 is 0 Å². The Hall–Kier alpha value is -0.0800. The first-order valence-electron chi connectivity index (χ1n) is 4.89. The van der Waals surface area contributed by atoms with Gasteiger partial charge >= 0.3 is 0 Å². The van der Waals surface area contributed by atoms with Gasteiger partial charge in [-0.25, -0.2) is 0 Å². The Morgan fingerprint density at radius 3 is 2.58 bits per heavy atom. The molecule has 1 fully saturated rings. The fraction of sp³-hybridized carbons (Fsp3) is 1.00. The Morgan fingerprint density at radius 1 is 1.50 bits per heavy atom. The SMILES string of the molecule is COC[C@H]1C[C@@H](C)N(C(C)C)C1. The summed E-state index contributed by atoms with van der Waals surface area (Å²) < 4.78 is 5.18. The van der Waals surface area contributed by atoms with Gasteiger partial charge in [0.2, 0.25) is 0 Å². The zero-order chi connectivity index (χ0) is 9.14. The smallest absolute Gasteiger partial charge is 0.0503 e. The largest absolute Gasteiger partial charge is 0.384 e. The Labute approximate surface area is 75.9 Å². The van der Waals surface area contributed by atoms with Gasteiger partial charge in [0.05, 0.1) is 6.61 Å². The highest BCUT2D eigenvalue weighted by atomic mass is 16.5. The lowest BCUT2D eigenvalue weighted by Gasteiger charge is -2.25. The van der Waals surface area contributed by atoms with Gasteiger partial charge in [0.15, 0.2) is 0 Å². The van der Waals surface area contributed by atoms with Crippen molar-refractivity contribution in [1.82, 2.24) is 4.90 Å². The number of ether oxygens (including phenoxy) is 1. The molecule has 2 atom stereocenters. The minimum Gasteiger partial charge on any atom is -0.384 e. The molecule has 1 rings (SSSR count). The van der Waals surface area contributed by atoms with E-state index in [1.165, 1.54) is 13.0 Å². The second-order valence-corrected chi connectivity index (χ2v) is 4.20. The molecule has 0 aromatic carbocycles. The number of nitrogens with zero attached hydrogens (tertiary/aromatic N) is 1. The number of rotatable bonds is 3. The molecular formula is C10H21NO. The Kier molecular flexibility index (Phi) is 3.53. The molecule has 0 unspecified atom stereocenters. The molecule has 2 nitrogen and oxygen atoms in total. The number of methoxy groups -OCH3 is 1. The van der Waals surface area contributed by atoms with Crippen LogP contribution in [0.3, 0.4) is 0 Å². The number of hydrogen-bond donors (Lipinski definition) is 0. The fourth-order valence-electron chi connectivity index (χ4n) is 2.25. The summed E-state index contributed by atoms with van der Waals surface area (Å²) in [5.74, 6) is 0.757. The van der Waals surface area contributed by atoms with Gasteiger partial charge in [0.1, 0.15) is 0 Å². The molecule has 0 aliphatic carbocycles. The Bertz CT molecular complexity index is 136. The van der Waals surface area contributed by atoms with E-state index in [-0.39, 0.29) is 0 Å². The lowest BCUT2D eigenvalue weighted by molar-refractivity contribution is 0.148. The van der Waals surface area contributed by atoms with Gasteiger partial charge in [-0.2, -0.15) is 0 Å². The van der Waals surface area contributed by atoms with Gasteiger partial charge in [-0.3, -0.25) is 4.90 Å². The maximum absolute atomic E-state index is 5.18. The fourth-order valence-corrected chi connectivity index (χ4v) is 2.25. The summed E-state index contributed by atoms with van der Waals surface area (Å²) in [7, 11) is 1.79. The molecule has 0 amide bonds. The van der Waals surface area contributed by atoms with Crippen molar-refractivity contribution in [3.8, 4) is 0 Å². The molecule has 72 valence electrons. The summed E-state index contributed by atoms with van der Waals surface area (Å²) in [6, 6.07) is 1.42. The minimum atomic E-state index is 0.682. The normalized spacial score (nSPS) is 31.8. The molecule has 0 bridgehead atoms. The molecule has 0 aromatic rings. The van der Waals surface area contributed by atoms with Crippen molar-refractivity contribution in [3.05, 3.63) is 0 Å². The predicted octanol–water partition coefficient (Wildman–Crippen LogP) is 1.75. The van der Waals surface area contributed by atoms with Crippen LogP contribution in [0.5, 0.6) is 0 Å². The van der Waals surface area contributed by atoms with Crippen LogP contribution in [0.25, 0.3) is 0 Å². The second kappa shape index (κ2) is 4.24. The van der Waals surface area contributed by atoms with Crippen LogP contribution in [0.2, 0.25) is 0 Å². The van der Waals surface area contributed by atoms with E-state index in [1.807, 2.05) is 0 Å². The quantitative estimate of drug-likeness (QED) is 0.641. The third-order valence-corrected chi connectivity index (χ3v) is 2.78. The van der Waals surface area contributed by atoms with Gasteiger partial charge < -0.3 is 4.74 Å². The molecule has 1 aliphatic rings. The molecule has 1 heterocycles. The summed E-state index contributed by atoms with van der Waals surface area (Å²) in [5, 5.41) is 0. The summed E-state index contributed by atoms with van der Waals surface area (Å²) in [5.41, 5.74) is 0. The summed E-state index contributed by atoms with van der Waals surface area (Å²) in [4.78, 5) is 2.56. The van der Waals surface area contributed by atoms with E-state index >= 15 is 0 Å². The first kappa shape index (κ1) is 10.0. The van der Waals surface area contributed by atoms with E-state index in [4.69, 9.17) is 4.74 Å². The summed E-state index contributed by atoms with van der Waals surface area (Å²) in [6.07, 6.45) is 1.30. The van der Waals surface area contributed by atoms with Crippen LogP contribution in [0.1, 0.15) is 27.2 Å². The highest BCUT2D eigenvalue weighted by Gasteiger charge is 2.29. The maximum Gasteiger partial charge on any atom is 0.0503 e. The van der Waals surface area contributed by atoms with Crippen molar-refractivity contribution in [3.63, 3.8) is 0 Å². The average molecular weight is 171 g/mol. The molecule has 0 radical (unpaired) electrons. The zero-order valence-electron chi connectivity index (χ0n) is 8.71. The maximum atomic E-state index is 5.18. The molecular weight excluding hydrogens is 150 g/mol. The van der Waals surface area contributed by atoms with Crippen LogP contribution < -0.4 is 0 Å². The topological polar surface area (TPSA) is 12.5 Å². The van der Waals surface area contributed by atoms with E-state index in [0.29, 0.717) is 6.04 Å². The van der Waals surface area contributed by atoms with Gasteiger partial charge in [-0.05, 0) is 33.1 Å². The van der Waals surface area contributed by atoms with Crippen LogP contribution in [0.15, 0.2) is 0 Å². The second-order valence-electron chi connectivity index (χ2n) is 4.20. The van der Waals surface area contributed by atoms with E-state index in [1.54, 1.807) is 7.11 Å². The third kappa shape index (κ3) is 2.20. The predicted molar refractivity (Wildman–Crippen MR) is 51.3 cm³/mol. The van der Waals surface area contributed by atoms with Crippen LogP contribution in [0.4, 0.5) is 0 Å². The van der Waals surface area contributed by atoms with Crippen molar-refractivity contribution in [2.45, 2.75) is 39.3 Å². The van der Waals surface area contributed by atoms with Crippen molar-refractivity contribution in [2.24, 2.45) is 5.92 Å². The molecule has 0 N–H and O–H groups in total. The molecule has 12 heavy (non-hydrogen) atoms. The van der Waals surface area contributed by atoms with Crippen LogP contribution in [-0.4, -0.2) is 37.2 Å². The zero-order valence-corrected chi connectivity index (χ0v) is 8.71. The van der Waals surface area contributed by atoms with Crippen LogP contribution >= 0.6 is 0 Å². The molecule has 2 heteroatoms. The minimum absolute atomic E-state index is 0.682. The van der Waals surface area contributed by atoms with E-state index in [9.17, 15) is 0 Å². The molecule has 0 aromatic heterocycles. The highest BCUT2D eigenvalue weighted by molar-refractivity contribution is 4.83. The van der Waals surface area contributed by atoms with Crippen molar-refractivity contribution in [1.29, 1.82) is 0 Å². The lowest BCUT2D eigenvalue weighted by atomic mass is 10.1. The Morgan fingerprint density at radius 2 is 2.17 bits per heavy atom. The van der Waals surface area contributed by atoms with Crippen molar-refractivity contribution in [2.75, 3.05) is 20.3 Å². The number of hydrogen-bond acceptors (Lipinski definition) is 2. The van der Waals surface area contributed by atoms with Gasteiger partial charge in [0, 0.05) is 25.7 Å². The molecule has 1 saturated heterocycles. The summed E-state index contributed by atoms with van der Waals surface area (Å²) >= 11 is 0. The molecule has 0 spiro atoms. The summed E-state index contributed by atoms with van der Waals surface area (Å²) in [6.45, 7) is 8.99.